The first-order valence-electron chi connectivity index (χ1n) is 8.27. The van der Waals surface area contributed by atoms with E-state index in [2.05, 4.69) is 25.9 Å². The normalized spacial score (nSPS) is 15.1. The molecule has 0 spiro atoms. The second-order valence-electron chi connectivity index (χ2n) is 6.41. The predicted octanol–water partition coefficient (Wildman–Crippen LogP) is 4.52. The third kappa shape index (κ3) is 3.92. The molecule has 1 saturated carbocycles. The Labute approximate surface area is 160 Å². The highest BCUT2D eigenvalue weighted by Crippen LogP contribution is 2.41. The van der Waals surface area contributed by atoms with Crippen molar-refractivity contribution in [2.75, 3.05) is 0 Å². The van der Waals surface area contributed by atoms with Crippen molar-refractivity contribution in [3.05, 3.63) is 57.5 Å². The topological polar surface area (TPSA) is 91.2 Å². The Morgan fingerprint density at radius 1 is 1.26 bits per heavy atom. The van der Waals surface area contributed by atoms with Crippen LogP contribution in [-0.4, -0.2) is 16.1 Å². The van der Waals surface area contributed by atoms with Crippen LogP contribution >= 0.6 is 15.9 Å². The largest absolute Gasteiger partial charge is 0.439 e. The highest BCUT2D eigenvalue weighted by molar-refractivity contribution is 9.10. The van der Waals surface area contributed by atoms with Gasteiger partial charge in [-0.15, -0.1) is 0 Å². The van der Waals surface area contributed by atoms with Crippen molar-refractivity contribution in [1.82, 2.24) is 9.97 Å². The lowest BCUT2D eigenvalue weighted by Crippen LogP contribution is -2.20. The van der Waals surface area contributed by atoms with E-state index in [-0.39, 0.29) is 6.42 Å². The van der Waals surface area contributed by atoms with Gasteiger partial charge >= 0.3 is 6.09 Å². The van der Waals surface area contributed by atoms with Crippen LogP contribution in [0.2, 0.25) is 0 Å². The zero-order valence-electron chi connectivity index (χ0n) is 13.9. The molecule has 4 rings (SSSR count). The quantitative estimate of drug-likeness (QED) is 0.633. The van der Waals surface area contributed by atoms with Crippen molar-refractivity contribution in [1.29, 1.82) is 0 Å². The van der Waals surface area contributed by atoms with Gasteiger partial charge in [0.15, 0.2) is 6.10 Å². The number of pyridine rings is 1. The Morgan fingerprint density at radius 2 is 1.96 bits per heavy atom. The van der Waals surface area contributed by atoms with Crippen LogP contribution in [0.1, 0.15) is 42.0 Å². The number of carbonyl (C=O) groups is 1. The first kappa shape index (κ1) is 17.8. The summed E-state index contributed by atoms with van der Waals surface area (Å²) in [5.41, 5.74) is 6.67. The first-order chi connectivity index (χ1) is 12.9. The van der Waals surface area contributed by atoms with E-state index in [0.29, 0.717) is 38.8 Å². The fraction of sp³-hybridized carbons (Fsp3) is 0.278. The third-order valence-corrected chi connectivity index (χ3v) is 4.85. The van der Waals surface area contributed by atoms with Crippen molar-refractivity contribution in [2.45, 2.75) is 31.3 Å². The van der Waals surface area contributed by atoms with Gasteiger partial charge in [-0.3, -0.25) is 0 Å². The van der Waals surface area contributed by atoms with Crippen LogP contribution in [0.15, 0.2) is 33.2 Å². The summed E-state index contributed by atoms with van der Waals surface area (Å²) in [5.74, 6) is -0.514. The van der Waals surface area contributed by atoms with Crippen molar-refractivity contribution >= 4 is 33.3 Å². The van der Waals surface area contributed by atoms with E-state index >= 15 is 0 Å². The number of carbonyl (C=O) groups excluding carboxylic acids is 1. The molecule has 27 heavy (non-hydrogen) atoms. The molecule has 1 aliphatic rings. The first-order valence-corrected chi connectivity index (χ1v) is 9.06. The fourth-order valence-electron chi connectivity index (χ4n) is 2.88. The minimum absolute atomic E-state index is 0.0155. The van der Waals surface area contributed by atoms with Crippen LogP contribution < -0.4 is 5.73 Å². The third-order valence-electron chi connectivity index (χ3n) is 4.21. The van der Waals surface area contributed by atoms with Gasteiger partial charge in [0.25, 0.3) is 0 Å². The molecule has 1 unspecified atom stereocenters. The molecule has 0 radical (unpaired) electrons. The minimum atomic E-state index is -1.03. The lowest BCUT2D eigenvalue weighted by Gasteiger charge is -2.17. The summed E-state index contributed by atoms with van der Waals surface area (Å²) in [5, 5.41) is 0. The zero-order chi connectivity index (χ0) is 19.1. The van der Waals surface area contributed by atoms with E-state index in [1.54, 1.807) is 6.07 Å². The molecule has 9 heteroatoms. The monoisotopic (exact) mass is 437 g/mol. The molecule has 0 aliphatic heterocycles. The van der Waals surface area contributed by atoms with E-state index < -0.39 is 23.8 Å². The summed E-state index contributed by atoms with van der Waals surface area (Å²) in [6.07, 6.45) is 0.0517. The maximum atomic E-state index is 13.5. The van der Waals surface area contributed by atoms with Crippen molar-refractivity contribution in [3.63, 3.8) is 0 Å². The number of oxazole rings is 1. The van der Waals surface area contributed by atoms with Gasteiger partial charge in [-0.05, 0) is 52.5 Å². The van der Waals surface area contributed by atoms with Crippen LogP contribution in [0.25, 0.3) is 11.2 Å². The number of nitrogens with two attached hydrogens (primary N) is 1. The molecule has 0 bridgehead atoms. The van der Waals surface area contributed by atoms with Crippen LogP contribution in [0.4, 0.5) is 13.6 Å². The summed E-state index contributed by atoms with van der Waals surface area (Å²) < 4.78 is 38.4. The number of nitrogens with zero attached hydrogens (tertiary/aromatic N) is 2. The number of primary amides is 1. The van der Waals surface area contributed by atoms with E-state index in [1.807, 2.05) is 0 Å². The Bertz CT molecular complexity index is 1020. The fourth-order valence-corrected chi connectivity index (χ4v) is 3.44. The van der Waals surface area contributed by atoms with E-state index in [4.69, 9.17) is 14.9 Å². The van der Waals surface area contributed by atoms with Crippen molar-refractivity contribution in [2.24, 2.45) is 5.73 Å². The molecule has 1 aliphatic carbocycles. The minimum Gasteiger partial charge on any atom is -0.439 e. The summed E-state index contributed by atoms with van der Waals surface area (Å²) in [7, 11) is 0. The standard InChI is InChI=1S/C18H14BrF2N3O3/c19-12-7-13-17(27-16(23-13)9-1-2-9)24-15(12)14(26-18(22)25)5-8-3-10(20)6-11(21)4-8/h3-4,6-7,9,14H,1-2,5H2,(H2,22,25). The van der Waals surface area contributed by atoms with Gasteiger partial charge in [0.05, 0.1) is 5.69 Å². The maximum absolute atomic E-state index is 13.5. The number of rotatable bonds is 5. The lowest BCUT2D eigenvalue weighted by atomic mass is 10.0. The van der Waals surface area contributed by atoms with Crippen LogP contribution in [0.3, 0.4) is 0 Å². The van der Waals surface area contributed by atoms with Gasteiger partial charge in [0.1, 0.15) is 17.2 Å². The van der Waals surface area contributed by atoms with Gasteiger partial charge in [0.2, 0.25) is 11.6 Å². The van der Waals surface area contributed by atoms with Crippen LogP contribution in [0, 0.1) is 11.6 Å². The van der Waals surface area contributed by atoms with Crippen LogP contribution in [0.5, 0.6) is 0 Å². The molecule has 1 amide bonds. The molecule has 6 nitrogen and oxygen atoms in total. The average Bonchev–Trinajstić information content (AvgIpc) is 3.33. The molecule has 2 N–H and O–H groups in total. The van der Waals surface area contributed by atoms with E-state index in [0.717, 1.165) is 31.0 Å². The molecule has 1 fully saturated rings. The van der Waals surface area contributed by atoms with E-state index in [1.165, 1.54) is 0 Å². The molecular weight excluding hydrogens is 424 g/mol. The number of ether oxygens (including phenoxy) is 1. The molecule has 1 aromatic carbocycles. The number of aromatic nitrogens is 2. The number of fused-ring (bicyclic) bond motifs is 1. The highest BCUT2D eigenvalue weighted by Gasteiger charge is 2.30. The van der Waals surface area contributed by atoms with Gasteiger partial charge in [-0.25, -0.2) is 23.5 Å². The second kappa shape index (κ2) is 6.88. The molecular formula is C18H14BrF2N3O3. The summed E-state index contributed by atoms with van der Waals surface area (Å²) in [4.78, 5) is 20.2. The maximum Gasteiger partial charge on any atom is 0.405 e. The number of halogens is 3. The molecule has 0 saturated heterocycles. The number of benzene rings is 1. The molecule has 1 atom stereocenters. The van der Waals surface area contributed by atoms with Gasteiger partial charge in [0, 0.05) is 22.9 Å². The number of hydrogen-bond acceptors (Lipinski definition) is 5. The van der Waals surface area contributed by atoms with Crippen molar-refractivity contribution < 1.29 is 22.7 Å². The van der Waals surface area contributed by atoms with Crippen molar-refractivity contribution in [3.8, 4) is 0 Å². The summed E-state index contributed by atoms with van der Waals surface area (Å²) in [6.45, 7) is 0. The molecule has 2 heterocycles. The van der Waals surface area contributed by atoms with Gasteiger partial charge in [-0.2, -0.15) is 0 Å². The summed E-state index contributed by atoms with van der Waals surface area (Å²) in [6, 6.07) is 4.79. The molecule has 2 aromatic heterocycles. The average molecular weight is 438 g/mol. The lowest BCUT2D eigenvalue weighted by molar-refractivity contribution is 0.104. The zero-order valence-corrected chi connectivity index (χ0v) is 15.5. The Balaban J connectivity index is 1.72. The summed E-state index contributed by atoms with van der Waals surface area (Å²) >= 11 is 3.39. The Hall–Kier alpha value is -2.55. The Morgan fingerprint density at radius 3 is 2.59 bits per heavy atom. The van der Waals surface area contributed by atoms with Gasteiger partial charge in [-0.1, -0.05) is 0 Å². The number of amides is 1. The second-order valence-corrected chi connectivity index (χ2v) is 7.27. The molecule has 3 aromatic rings. The van der Waals surface area contributed by atoms with E-state index in [9.17, 15) is 13.6 Å². The smallest absolute Gasteiger partial charge is 0.405 e. The molecule has 140 valence electrons. The van der Waals surface area contributed by atoms with Gasteiger partial charge < -0.3 is 14.9 Å². The SMILES string of the molecule is NC(=O)OC(Cc1cc(F)cc(F)c1)c1nc2oc(C3CC3)nc2cc1Br. The highest BCUT2D eigenvalue weighted by atomic mass is 79.9. The van der Waals surface area contributed by atoms with Crippen LogP contribution in [-0.2, 0) is 11.2 Å². The Kier molecular flexibility index (Phi) is 4.55. The predicted molar refractivity (Wildman–Crippen MR) is 95.0 cm³/mol. The number of hydrogen-bond donors (Lipinski definition) is 1.